The van der Waals surface area contributed by atoms with Crippen molar-refractivity contribution in [3.05, 3.63) is 53.7 Å². The van der Waals surface area contributed by atoms with E-state index in [-0.39, 0.29) is 11.8 Å². The van der Waals surface area contributed by atoms with Gasteiger partial charge < -0.3 is 18.8 Å². The molecule has 7 nitrogen and oxygen atoms in total. The molecule has 0 aliphatic carbocycles. The van der Waals surface area contributed by atoms with Crippen molar-refractivity contribution >= 4 is 22.8 Å². The van der Waals surface area contributed by atoms with E-state index in [2.05, 4.69) is 4.98 Å². The third-order valence-electron chi connectivity index (χ3n) is 5.18. The molecular weight excluding hydrogens is 344 g/mol. The molecule has 1 aliphatic rings. The zero-order valence-corrected chi connectivity index (χ0v) is 15.5. The van der Waals surface area contributed by atoms with Gasteiger partial charge in [0, 0.05) is 33.2 Å². The molecule has 2 aromatic heterocycles. The van der Waals surface area contributed by atoms with Crippen molar-refractivity contribution < 1.29 is 14.0 Å². The molecule has 3 aromatic rings. The van der Waals surface area contributed by atoms with Crippen molar-refractivity contribution in [1.82, 2.24) is 19.4 Å². The highest BCUT2D eigenvalue weighted by molar-refractivity contribution is 5.91. The first-order valence-corrected chi connectivity index (χ1v) is 9.05. The summed E-state index contributed by atoms with van der Waals surface area (Å²) in [7, 11) is 1.99. The largest absolute Gasteiger partial charge is 0.459 e. The van der Waals surface area contributed by atoms with Gasteiger partial charge in [-0.15, -0.1) is 0 Å². The molecule has 1 aromatic carbocycles. The topological polar surface area (TPSA) is 71.6 Å². The van der Waals surface area contributed by atoms with E-state index in [1.165, 1.54) is 6.26 Å². The lowest BCUT2D eigenvalue weighted by Gasteiger charge is -2.34. The Labute approximate surface area is 157 Å². The lowest BCUT2D eigenvalue weighted by atomic mass is 10.1. The molecular formula is C20H22N4O3. The zero-order valence-electron chi connectivity index (χ0n) is 15.5. The summed E-state index contributed by atoms with van der Waals surface area (Å²) in [5.74, 6) is 1.25. The first-order valence-electron chi connectivity index (χ1n) is 9.05. The van der Waals surface area contributed by atoms with Gasteiger partial charge in [0.25, 0.3) is 5.91 Å². The van der Waals surface area contributed by atoms with Crippen LogP contribution in [0.25, 0.3) is 11.0 Å². The van der Waals surface area contributed by atoms with Crippen molar-refractivity contribution in [3.8, 4) is 0 Å². The van der Waals surface area contributed by atoms with Gasteiger partial charge in [-0.05, 0) is 36.8 Å². The van der Waals surface area contributed by atoms with Gasteiger partial charge in [0.1, 0.15) is 5.82 Å². The normalized spacial score (nSPS) is 14.7. The molecule has 0 saturated carbocycles. The molecule has 2 amide bonds. The Morgan fingerprint density at radius 1 is 1.11 bits per heavy atom. The summed E-state index contributed by atoms with van der Waals surface area (Å²) < 4.78 is 7.21. The Kier molecular flexibility index (Phi) is 4.43. The first kappa shape index (κ1) is 17.3. The molecule has 1 aliphatic heterocycles. The van der Waals surface area contributed by atoms with Gasteiger partial charge in [0.2, 0.25) is 5.91 Å². The minimum atomic E-state index is -0.122. The van der Waals surface area contributed by atoms with Crippen LogP contribution >= 0.6 is 0 Å². The zero-order chi connectivity index (χ0) is 19.0. The Hall–Kier alpha value is -3.09. The number of carbonyl (C=O) groups is 2. The van der Waals surface area contributed by atoms with Gasteiger partial charge >= 0.3 is 0 Å². The quantitative estimate of drug-likeness (QED) is 0.711. The minimum absolute atomic E-state index is 0.0760. The number of benzene rings is 1. The number of nitrogens with zero attached hydrogens (tertiary/aromatic N) is 4. The van der Waals surface area contributed by atoms with E-state index in [0.29, 0.717) is 38.4 Å². The number of carbonyl (C=O) groups excluding carboxylic acids is 2. The maximum Gasteiger partial charge on any atom is 0.289 e. The van der Waals surface area contributed by atoms with Gasteiger partial charge in [-0.25, -0.2) is 4.98 Å². The number of aryl methyl sites for hydroxylation is 2. The van der Waals surface area contributed by atoms with Crippen molar-refractivity contribution in [2.45, 2.75) is 13.3 Å². The Bertz CT molecular complexity index is 982. The van der Waals surface area contributed by atoms with E-state index in [0.717, 1.165) is 22.4 Å². The van der Waals surface area contributed by atoms with Crippen molar-refractivity contribution in [2.24, 2.45) is 7.05 Å². The molecule has 0 unspecified atom stereocenters. The number of furan rings is 1. The number of amides is 2. The molecule has 3 heterocycles. The fraction of sp³-hybridized carbons (Fsp3) is 0.350. The smallest absolute Gasteiger partial charge is 0.289 e. The average molecular weight is 366 g/mol. The van der Waals surface area contributed by atoms with Crippen LogP contribution in [-0.4, -0.2) is 57.3 Å². The first-order chi connectivity index (χ1) is 13.0. The highest BCUT2D eigenvalue weighted by Crippen LogP contribution is 2.18. The lowest BCUT2D eigenvalue weighted by Crippen LogP contribution is -2.50. The summed E-state index contributed by atoms with van der Waals surface area (Å²) in [4.78, 5) is 33.0. The number of piperazine rings is 1. The van der Waals surface area contributed by atoms with Crippen LogP contribution < -0.4 is 0 Å². The monoisotopic (exact) mass is 366 g/mol. The third-order valence-corrected chi connectivity index (χ3v) is 5.18. The van der Waals surface area contributed by atoms with Crippen LogP contribution in [0.15, 0.2) is 41.0 Å². The molecule has 140 valence electrons. The highest BCUT2D eigenvalue weighted by Gasteiger charge is 2.26. The maximum atomic E-state index is 12.7. The molecule has 0 N–H and O–H groups in total. The van der Waals surface area contributed by atoms with Crippen molar-refractivity contribution in [3.63, 3.8) is 0 Å². The number of imidazole rings is 1. The molecule has 1 fully saturated rings. The second-order valence-electron chi connectivity index (χ2n) is 6.87. The SMILES string of the molecule is Cc1nc2cc(CC(=O)N3CCN(C(=O)c4ccco4)CC3)ccc2n1C. The van der Waals surface area contributed by atoms with Crippen LogP contribution in [0.3, 0.4) is 0 Å². The molecule has 7 heteroatoms. The van der Waals surface area contributed by atoms with Crippen LogP contribution in [-0.2, 0) is 18.3 Å². The van der Waals surface area contributed by atoms with Crippen molar-refractivity contribution in [2.75, 3.05) is 26.2 Å². The van der Waals surface area contributed by atoms with Gasteiger partial charge in [-0.1, -0.05) is 6.07 Å². The summed E-state index contributed by atoms with van der Waals surface area (Å²) in [6.45, 7) is 4.08. The second-order valence-corrected chi connectivity index (χ2v) is 6.87. The fourth-order valence-corrected chi connectivity index (χ4v) is 3.48. The van der Waals surface area contributed by atoms with E-state index in [1.54, 1.807) is 17.0 Å². The Morgan fingerprint density at radius 2 is 1.85 bits per heavy atom. The van der Waals surface area contributed by atoms with Crippen LogP contribution in [0.5, 0.6) is 0 Å². The number of rotatable bonds is 3. The van der Waals surface area contributed by atoms with Gasteiger partial charge in [0.05, 0.1) is 23.7 Å². The molecule has 0 atom stereocenters. The summed E-state index contributed by atoms with van der Waals surface area (Å²) in [5.41, 5.74) is 2.93. The number of hydrogen-bond donors (Lipinski definition) is 0. The van der Waals surface area contributed by atoms with Crippen LogP contribution in [0.2, 0.25) is 0 Å². The molecule has 4 rings (SSSR count). The fourth-order valence-electron chi connectivity index (χ4n) is 3.48. The second kappa shape index (κ2) is 6.90. The number of aromatic nitrogens is 2. The van der Waals surface area contributed by atoms with Gasteiger partial charge in [-0.2, -0.15) is 0 Å². The molecule has 0 spiro atoms. The number of hydrogen-bond acceptors (Lipinski definition) is 4. The van der Waals surface area contributed by atoms with Crippen LogP contribution in [0, 0.1) is 6.92 Å². The predicted molar refractivity (Wildman–Crippen MR) is 100 cm³/mol. The van der Waals surface area contributed by atoms with Gasteiger partial charge in [-0.3, -0.25) is 9.59 Å². The van der Waals surface area contributed by atoms with Crippen LogP contribution in [0.1, 0.15) is 21.9 Å². The summed E-state index contributed by atoms with van der Waals surface area (Å²) in [6.07, 6.45) is 1.84. The van der Waals surface area contributed by atoms with E-state index in [4.69, 9.17) is 4.42 Å². The summed E-state index contributed by atoms with van der Waals surface area (Å²) in [5, 5.41) is 0. The summed E-state index contributed by atoms with van der Waals surface area (Å²) in [6, 6.07) is 9.34. The van der Waals surface area contributed by atoms with E-state index >= 15 is 0 Å². The maximum absolute atomic E-state index is 12.7. The standard InChI is InChI=1S/C20H22N4O3/c1-14-21-16-12-15(5-6-17(16)22(14)2)13-19(25)23-7-9-24(10-8-23)20(26)18-4-3-11-27-18/h3-6,11-12H,7-10,13H2,1-2H3. The lowest BCUT2D eigenvalue weighted by molar-refractivity contribution is -0.131. The molecule has 0 radical (unpaired) electrons. The van der Waals surface area contributed by atoms with E-state index < -0.39 is 0 Å². The molecule has 1 saturated heterocycles. The summed E-state index contributed by atoms with van der Waals surface area (Å²) >= 11 is 0. The number of fused-ring (bicyclic) bond motifs is 1. The van der Waals surface area contributed by atoms with E-state index in [9.17, 15) is 9.59 Å². The van der Waals surface area contributed by atoms with Crippen LogP contribution in [0.4, 0.5) is 0 Å². The minimum Gasteiger partial charge on any atom is -0.459 e. The van der Waals surface area contributed by atoms with E-state index in [1.807, 2.05) is 41.6 Å². The Morgan fingerprint density at radius 3 is 2.56 bits per heavy atom. The van der Waals surface area contributed by atoms with Crippen molar-refractivity contribution in [1.29, 1.82) is 0 Å². The molecule has 27 heavy (non-hydrogen) atoms. The average Bonchev–Trinajstić information content (AvgIpc) is 3.30. The predicted octanol–water partition coefficient (Wildman–Crippen LogP) is 2.00. The van der Waals surface area contributed by atoms with Gasteiger partial charge in [0.15, 0.2) is 5.76 Å². The molecule has 0 bridgehead atoms. The third kappa shape index (κ3) is 3.32. The highest BCUT2D eigenvalue weighted by atomic mass is 16.3. The Balaban J connectivity index is 1.37.